The molecule has 0 aliphatic carbocycles. The van der Waals surface area contributed by atoms with Crippen LogP contribution in [0.4, 0.5) is 5.69 Å². The maximum atomic E-state index is 12.0. The van der Waals surface area contributed by atoms with Gasteiger partial charge in [-0.05, 0) is 38.1 Å². The lowest BCUT2D eigenvalue weighted by molar-refractivity contribution is 0.322. The Morgan fingerprint density at radius 2 is 2.00 bits per heavy atom. The summed E-state index contributed by atoms with van der Waals surface area (Å²) in [6, 6.07) is 7.72. The van der Waals surface area contributed by atoms with Crippen molar-refractivity contribution in [2.75, 3.05) is 25.4 Å². The third-order valence-corrected chi connectivity index (χ3v) is 4.57. The Kier molecular flexibility index (Phi) is 3.89. The van der Waals surface area contributed by atoms with Crippen LogP contribution in [0.3, 0.4) is 0 Å². The molecule has 20 heavy (non-hydrogen) atoms. The molecule has 0 amide bonds. The van der Waals surface area contributed by atoms with Crippen LogP contribution < -0.4 is 10.6 Å². The maximum absolute atomic E-state index is 12.0. The van der Waals surface area contributed by atoms with E-state index in [9.17, 15) is 4.79 Å². The molecule has 1 fully saturated rings. The van der Waals surface area contributed by atoms with E-state index in [0.717, 1.165) is 43.1 Å². The summed E-state index contributed by atoms with van der Waals surface area (Å²) in [6.07, 6.45) is 2.56. The molecule has 4 nitrogen and oxygen atoms in total. The smallest absolute Gasteiger partial charge is 0.307 e. The Labute approximate surface area is 122 Å². The van der Waals surface area contributed by atoms with Crippen molar-refractivity contribution < 1.29 is 0 Å². The van der Waals surface area contributed by atoms with E-state index in [2.05, 4.69) is 4.90 Å². The molecule has 1 aliphatic rings. The predicted molar refractivity (Wildman–Crippen MR) is 84.1 cm³/mol. The average Bonchev–Trinajstić information content (AvgIpc) is 3.06. The molecule has 1 aromatic heterocycles. The highest BCUT2D eigenvalue weighted by Crippen LogP contribution is 2.22. The van der Waals surface area contributed by atoms with E-state index in [0.29, 0.717) is 0 Å². The molecule has 1 aliphatic heterocycles. The molecule has 3 rings (SSSR count). The van der Waals surface area contributed by atoms with E-state index in [1.54, 1.807) is 0 Å². The van der Waals surface area contributed by atoms with Gasteiger partial charge in [0.2, 0.25) is 0 Å². The fourth-order valence-corrected chi connectivity index (χ4v) is 3.51. The number of thiazole rings is 1. The molecule has 0 unspecified atom stereocenters. The number of nitrogen functional groups attached to an aromatic ring is 1. The van der Waals surface area contributed by atoms with Gasteiger partial charge in [0.1, 0.15) is 0 Å². The van der Waals surface area contributed by atoms with Crippen LogP contribution in [0, 0.1) is 0 Å². The molecule has 0 spiro atoms. The van der Waals surface area contributed by atoms with E-state index in [1.807, 2.05) is 34.2 Å². The highest BCUT2D eigenvalue weighted by atomic mass is 32.1. The summed E-state index contributed by atoms with van der Waals surface area (Å²) in [6.45, 7) is 4.03. The summed E-state index contributed by atoms with van der Waals surface area (Å²) in [5, 5.41) is 1.93. The Bertz CT molecular complexity index is 641. The lowest BCUT2D eigenvalue weighted by Gasteiger charge is -2.15. The second-order valence-corrected chi connectivity index (χ2v) is 6.03. The first-order chi connectivity index (χ1) is 9.74. The number of anilines is 1. The van der Waals surface area contributed by atoms with Gasteiger partial charge >= 0.3 is 4.87 Å². The van der Waals surface area contributed by atoms with Crippen LogP contribution >= 0.6 is 11.3 Å². The zero-order valence-electron chi connectivity index (χ0n) is 11.4. The fraction of sp³-hybridized carbons (Fsp3) is 0.400. The van der Waals surface area contributed by atoms with Gasteiger partial charge in [-0.3, -0.25) is 9.36 Å². The summed E-state index contributed by atoms with van der Waals surface area (Å²) in [7, 11) is 0. The molecule has 106 valence electrons. The van der Waals surface area contributed by atoms with Crippen molar-refractivity contribution in [1.82, 2.24) is 9.47 Å². The summed E-state index contributed by atoms with van der Waals surface area (Å²) in [4.78, 5) is 14.6. The lowest BCUT2D eigenvalue weighted by atomic mass is 10.1. The van der Waals surface area contributed by atoms with Gasteiger partial charge in [-0.1, -0.05) is 23.5 Å². The van der Waals surface area contributed by atoms with Crippen LogP contribution in [0.1, 0.15) is 12.8 Å². The van der Waals surface area contributed by atoms with Crippen molar-refractivity contribution in [3.05, 3.63) is 39.3 Å². The summed E-state index contributed by atoms with van der Waals surface area (Å²) in [5.74, 6) is 0. The van der Waals surface area contributed by atoms with Crippen molar-refractivity contribution in [3.8, 4) is 11.3 Å². The lowest BCUT2D eigenvalue weighted by Crippen LogP contribution is -2.27. The van der Waals surface area contributed by atoms with Crippen molar-refractivity contribution in [1.29, 1.82) is 0 Å². The summed E-state index contributed by atoms with van der Waals surface area (Å²) >= 11 is 1.26. The summed E-state index contributed by atoms with van der Waals surface area (Å²) in [5.41, 5.74) is 8.56. The second kappa shape index (κ2) is 5.81. The Morgan fingerprint density at radius 1 is 1.20 bits per heavy atom. The van der Waals surface area contributed by atoms with Crippen LogP contribution in [-0.2, 0) is 6.54 Å². The minimum atomic E-state index is 0.113. The molecule has 0 saturated carbocycles. The van der Waals surface area contributed by atoms with Crippen LogP contribution in [0.15, 0.2) is 34.4 Å². The molecule has 0 atom stereocenters. The molecule has 0 bridgehead atoms. The SMILES string of the molecule is Nc1cccc(-c2csc(=O)n2CCN2CCCC2)c1. The van der Waals surface area contributed by atoms with Crippen molar-refractivity contribution in [2.45, 2.75) is 19.4 Å². The van der Waals surface area contributed by atoms with Gasteiger partial charge in [-0.2, -0.15) is 0 Å². The monoisotopic (exact) mass is 289 g/mol. The van der Waals surface area contributed by atoms with E-state index >= 15 is 0 Å². The molecular formula is C15H19N3OS. The van der Waals surface area contributed by atoms with Gasteiger partial charge in [0.15, 0.2) is 0 Å². The fourth-order valence-electron chi connectivity index (χ4n) is 2.71. The first kappa shape index (κ1) is 13.4. The standard InChI is InChI=1S/C15H19N3OS/c16-13-5-3-4-12(10-13)14-11-20-15(19)18(14)9-8-17-6-1-2-7-17/h3-5,10-11H,1-2,6-9,16H2. The molecule has 5 heteroatoms. The van der Waals surface area contributed by atoms with Gasteiger partial charge < -0.3 is 10.6 Å². The number of rotatable bonds is 4. The number of nitrogens with zero attached hydrogens (tertiary/aromatic N) is 2. The van der Waals surface area contributed by atoms with Crippen LogP contribution in [0.5, 0.6) is 0 Å². The molecule has 0 radical (unpaired) electrons. The highest BCUT2D eigenvalue weighted by molar-refractivity contribution is 7.07. The summed E-state index contributed by atoms with van der Waals surface area (Å²) < 4.78 is 1.87. The van der Waals surface area contributed by atoms with Crippen molar-refractivity contribution in [3.63, 3.8) is 0 Å². The molecule has 1 aromatic carbocycles. The number of aromatic nitrogens is 1. The normalized spacial score (nSPS) is 15.8. The van der Waals surface area contributed by atoms with Gasteiger partial charge in [0, 0.05) is 29.7 Å². The quantitative estimate of drug-likeness (QED) is 0.878. The topological polar surface area (TPSA) is 51.3 Å². The van der Waals surface area contributed by atoms with E-state index in [4.69, 9.17) is 5.73 Å². The maximum Gasteiger partial charge on any atom is 0.307 e. The first-order valence-corrected chi connectivity index (χ1v) is 7.88. The molecule has 2 heterocycles. The van der Waals surface area contributed by atoms with E-state index in [-0.39, 0.29) is 4.87 Å². The molecular weight excluding hydrogens is 270 g/mol. The van der Waals surface area contributed by atoms with Gasteiger partial charge in [0.05, 0.1) is 5.69 Å². The van der Waals surface area contributed by atoms with E-state index in [1.165, 1.54) is 24.2 Å². The molecule has 1 saturated heterocycles. The predicted octanol–water partition coefficient (Wildman–Crippen LogP) is 2.25. The number of nitrogens with two attached hydrogens (primary N) is 1. The van der Waals surface area contributed by atoms with Crippen LogP contribution in [0.25, 0.3) is 11.3 Å². The van der Waals surface area contributed by atoms with Crippen LogP contribution in [0.2, 0.25) is 0 Å². The van der Waals surface area contributed by atoms with Gasteiger partial charge in [-0.25, -0.2) is 0 Å². The zero-order chi connectivity index (χ0) is 13.9. The Morgan fingerprint density at radius 3 is 2.75 bits per heavy atom. The number of hydrogen-bond donors (Lipinski definition) is 1. The second-order valence-electron chi connectivity index (χ2n) is 5.21. The van der Waals surface area contributed by atoms with Gasteiger partial charge in [-0.15, -0.1) is 0 Å². The van der Waals surface area contributed by atoms with Crippen molar-refractivity contribution in [2.24, 2.45) is 0 Å². The van der Waals surface area contributed by atoms with Gasteiger partial charge in [0.25, 0.3) is 0 Å². The minimum absolute atomic E-state index is 0.113. The Balaban J connectivity index is 1.83. The average molecular weight is 289 g/mol. The number of likely N-dealkylation sites (tertiary alicyclic amines) is 1. The number of benzene rings is 1. The third kappa shape index (κ3) is 2.78. The Hall–Kier alpha value is -1.59. The third-order valence-electron chi connectivity index (χ3n) is 3.80. The van der Waals surface area contributed by atoms with Crippen molar-refractivity contribution >= 4 is 17.0 Å². The van der Waals surface area contributed by atoms with Crippen LogP contribution in [-0.4, -0.2) is 29.1 Å². The van der Waals surface area contributed by atoms with E-state index < -0.39 is 0 Å². The first-order valence-electron chi connectivity index (χ1n) is 7.00. The molecule has 2 N–H and O–H groups in total. The largest absolute Gasteiger partial charge is 0.399 e. The minimum Gasteiger partial charge on any atom is -0.399 e. The molecule has 2 aromatic rings. The highest BCUT2D eigenvalue weighted by Gasteiger charge is 2.14. The number of hydrogen-bond acceptors (Lipinski definition) is 4. The zero-order valence-corrected chi connectivity index (χ0v) is 12.2.